The number of nitrogens with one attached hydrogen (secondary N) is 1. The summed E-state index contributed by atoms with van der Waals surface area (Å²) in [6.07, 6.45) is 6.24. The van der Waals surface area contributed by atoms with Crippen LogP contribution in [0.4, 0.5) is 0 Å². The molecule has 30 heavy (non-hydrogen) atoms. The van der Waals surface area contributed by atoms with Crippen molar-refractivity contribution in [3.63, 3.8) is 0 Å². The molecule has 6 nitrogen and oxygen atoms in total. The second-order valence-corrected chi connectivity index (χ2v) is 7.90. The summed E-state index contributed by atoms with van der Waals surface area (Å²) in [4.78, 5) is 25.1. The number of hydrogen-bond acceptors (Lipinski definition) is 4. The predicted molar refractivity (Wildman–Crippen MR) is 117 cm³/mol. The van der Waals surface area contributed by atoms with Crippen LogP contribution >= 0.6 is 0 Å². The van der Waals surface area contributed by atoms with Gasteiger partial charge in [0.1, 0.15) is 12.3 Å². The number of amides is 1. The van der Waals surface area contributed by atoms with E-state index in [-0.39, 0.29) is 24.1 Å². The van der Waals surface area contributed by atoms with E-state index in [2.05, 4.69) is 10.4 Å². The number of fused-ring (bicyclic) bond motifs is 1. The highest BCUT2D eigenvalue weighted by atomic mass is 16.5. The van der Waals surface area contributed by atoms with Crippen molar-refractivity contribution in [1.29, 1.82) is 0 Å². The first kappa shape index (κ1) is 20.1. The number of nitrogens with zero attached hydrogens (tertiary/aromatic N) is 2. The number of rotatable bonds is 6. The van der Waals surface area contributed by atoms with Gasteiger partial charge in [-0.3, -0.25) is 9.59 Å². The Morgan fingerprint density at radius 2 is 1.87 bits per heavy atom. The number of carbonyl (C=O) groups excluding carboxylic acids is 1. The number of ether oxygens (including phenoxy) is 1. The van der Waals surface area contributed by atoms with Crippen molar-refractivity contribution in [2.75, 3.05) is 0 Å². The third kappa shape index (κ3) is 4.70. The Bertz CT molecular complexity index is 1100. The number of carbonyl (C=O) groups is 1. The molecular formula is C24H27N3O3. The maximum Gasteiger partial charge on any atom is 0.275 e. The third-order valence-corrected chi connectivity index (χ3v) is 5.59. The van der Waals surface area contributed by atoms with Crippen LogP contribution in [0.5, 0.6) is 5.75 Å². The highest BCUT2D eigenvalue weighted by molar-refractivity contribution is 5.83. The fraction of sp³-hybridized carbons (Fsp3) is 0.375. The first-order chi connectivity index (χ1) is 14.6. The van der Waals surface area contributed by atoms with Crippen LogP contribution in [-0.4, -0.2) is 21.8 Å². The molecule has 0 radical (unpaired) electrons. The summed E-state index contributed by atoms with van der Waals surface area (Å²) in [7, 11) is 0. The van der Waals surface area contributed by atoms with E-state index in [4.69, 9.17) is 4.74 Å². The molecule has 0 bridgehead atoms. The summed E-state index contributed by atoms with van der Waals surface area (Å²) in [5.74, 6) is 0.592. The van der Waals surface area contributed by atoms with Crippen LogP contribution in [0, 0.1) is 6.92 Å². The van der Waals surface area contributed by atoms with Gasteiger partial charge in [0.05, 0.1) is 17.2 Å². The maximum absolute atomic E-state index is 12.6. The van der Waals surface area contributed by atoms with E-state index in [1.165, 1.54) is 23.9 Å². The maximum atomic E-state index is 12.6. The van der Waals surface area contributed by atoms with Crippen LogP contribution < -0.4 is 15.6 Å². The van der Waals surface area contributed by atoms with Crippen LogP contribution in [0.1, 0.15) is 43.4 Å². The summed E-state index contributed by atoms with van der Waals surface area (Å²) >= 11 is 0. The standard InChI is InChI=1S/C24H27N3O3/c1-17-21-12-5-6-13-22(21)24(29)27(26-17)16-23(28)25-15-18-8-7-11-20(14-18)30-19-9-3-2-4-10-19/h5-8,11-14,19H,2-4,9-10,15-16H2,1H3,(H,25,28). The summed E-state index contributed by atoms with van der Waals surface area (Å²) < 4.78 is 7.33. The Morgan fingerprint density at radius 1 is 1.10 bits per heavy atom. The van der Waals surface area contributed by atoms with Crippen molar-refractivity contribution >= 4 is 16.7 Å². The van der Waals surface area contributed by atoms with Crippen LogP contribution in [0.15, 0.2) is 53.3 Å². The van der Waals surface area contributed by atoms with Crippen molar-refractivity contribution in [1.82, 2.24) is 15.1 Å². The average molecular weight is 405 g/mol. The van der Waals surface area contributed by atoms with Crippen molar-refractivity contribution in [2.45, 2.75) is 58.2 Å². The van der Waals surface area contributed by atoms with Gasteiger partial charge >= 0.3 is 0 Å². The number of aryl methyl sites for hydroxylation is 1. The van der Waals surface area contributed by atoms with E-state index in [9.17, 15) is 9.59 Å². The summed E-state index contributed by atoms with van der Waals surface area (Å²) in [5.41, 5.74) is 1.44. The minimum absolute atomic E-state index is 0.108. The molecular weight excluding hydrogens is 378 g/mol. The fourth-order valence-electron chi connectivity index (χ4n) is 4.01. The minimum Gasteiger partial charge on any atom is -0.490 e. The molecule has 6 heteroatoms. The van der Waals surface area contributed by atoms with Gasteiger partial charge in [-0.25, -0.2) is 4.68 Å². The van der Waals surface area contributed by atoms with Gasteiger partial charge in [-0.1, -0.05) is 36.8 Å². The van der Waals surface area contributed by atoms with E-state index in [0.29, 0.717) is 11.9 Å². The first-order valence-corrected chi connectivity index (χ1v) is 10.6. The quantitative estimate of drug-likeness (QED) is 0.678. The first-order valence-electron chi connectivity index (χ1n) is 10.6. The third-order valence-electron chi connectivity index (χ3n) is 5.59. The van der Waals surface area contributed by atoms with Gasteiger partial charge in [-0.05, 0) is 56.4 Å². The van der Waals surface area contributed by atoms with Gasteiger partial charge in [0.25, 0.3) is 5.56 Å². The molecule has 4 rings (SSSR count). The van der Waals surface area contributed by atoms with Crippen molar-refractivity contribution in [3.8, 4) is 5.75 Å². The van der Waals surface area contributed by atoms with E-state index in [0.717, 1.165) is 35.2 Å². The monoisotopic (exact) mass is 405 g/mol. The van der Waals surface area contributed by atoms with Gasteiger partial charge in [0.15, 0.2) is 0 Å². The predicted octanol–water partition coefficient (Wildman–Crippen LogP) is 3.73. The molecule has 1 amide bonds. The number of aromatic nitrogens is 2. The second kappa shape index (κ2) is 9.11. The van der Waals surface area contributed by atoms with E-state index >= 15 is 0 Å². The van der Waals surface area contributed by atoms with Gasteiger partial charge in [-0.2, -0.15) is 5.10 Å². The molecule has 1 aromatic heterocycles. The number of benzene rings is 2. The van der Waals surface area contributed by atoms with Gasteiger partial charge in [-0.15, -0.1) is 0 Å². The Balaban J connectivity index is 1.38. The Morgan fingerprint density at radius 3 is 2.67 bits per heavy atom. The molecule has 156 valence electrons. The normalized spacial score (nSPS) is 14.6. The van der Waals surface area contributed by atoms with E-state index in [1.807, 2.05) is 49.4 Å². The molecule has 1 N–H and O–H groups in total. The van der Waals surface area contributed by atoms with Gasteiger partial charge < -0.3 is 10.1 Å². The average Bonchev–Trinajstić information content (AvgIpc) is 2.77. The van der Waals surface area contributed by atoms with E-state index < -0.39 is 0 Å². The van der Waals surface area contributed by atoms with Crippen LogP contribution in [0.3, 0.4) is 0 Å². The van der Waals surface area contributed by atoms with Crippen molar-refractivity contribution in [2.24, 2.45) is 0 Å². The molecule has 1 fully saturated rings. The van der Waals surface area contributed by atoms with Gasteiger partial charge in [0.2, 0.25) is 5.91 Å². The smallest absolute Gasteiger partial charge is 0.275 e. The Hall–Kier alpha value is -3.15. The fourth-order valence-corrected chi connectivity index (χ4v) is 4.01. The lowest BCUT2D eigenvalue weighted by molar-refractivity contribution is -0.122. The number of hydrogen-bond donors (Lipinski definition) is 1. The van der Waals surface area contributed by atoms with Crippen LogP contribution in [0.2, 0.25) is 0 Å². The second-order valence-electron chi connectivity index (χ2n) is 7.90. The van der Waals surface area contributed by atoms with Crippen molar-refractivity contribution in [3.05, 3.63) is 70.1 Å². The summed E-state index contributed by atoms with van der Waals surface area (Å²) in [6, 6.07) is 15.2. The van der Waals surface area contributed by atoms with E-state index in [1.54, 1.807) is 6.07 Å². The summed E-state index contributed by atoms with van der Waals surface area (Å²) in [5, 5.41) is 8.57. The molecule has 1 saturated carbocycles. The molecule has 3 aromatic rings. The molecule has 1 heterocycles. The zero-order chi connectivity index (χ0) is 20.9. The molecule has 0 aliphatic heterocycles. The Kier molecular flexibility index (Phi) is 6.12. The molecule has 1 aliphatic carbocycles. The molecule has 0 saturated heterocycles. The lowest BCUT2D eigenvalue weighted by Crippen LogP contribution is -2.33. The molecule has 0 unspecified atom stereocenters. The topological polar surface area (TPSA) is 73.2 Å². The highest BCUT2D eigenvalue weighted by Gasteiger charge is 2.15. The summed E-state index contributed by atoms with van der Waals surface area (Å²) in [6.45, 7) is 2.11. The zero-order valence-corrected chi connectivity index (χ0v) is 17.3. The zero-order valence-electron chi connectivity index (χ0n) is 17.3. The lowest BCUT2D eigenvalue weighted by Gasteiger charge is -2.23. The Labute approximate surface area is 175 Å². The highest BCUT2D eigenvalue weighted by Crippen LogP contribution is 2.24. The largest absolute Gasteiger partial charge is 0.490 e. The SMILES string of the molecule is Cc1nn(CC(=O)NCc2cccc(OC3CCCCC3)c2)c(=O)c2ccccc12. The molecule has 0 spiro atoms. The molecule has 2 aromatic carbocycles. The van der Waals surface area contributed by atoms with Crippen LogP contribution in [-0.2, 0) is 17.9 Å². The minimum atomic E-state index is -0.255. The lowest BCUT2D eigenvalue weighted by atomic mass is 9.98. The van der Waals surface area contributed by atoms with Gasteiger partial charge in [0, 0.05) is 11.9 Å². The van der Waals surface area contributed by atoms with Crippen LogP contribution in [0.25, 0.3) is 10.8 Å². The molecule has 0 atom stereocenters. The molecule has 1 aliphatic rings. The van der Waals surface area contributed by atoms with Crippen molar-refractivity contribution < 1.29 is 9.53 Å².